The van der Waals surface area contributed by atoms with E-state index in [1.807, 2.05) is 49.9 Å². The van der Waals surface area contributed by atoms with Gasteiger partial charge in [0.05, 0.1) is 35.9 Å². The number of carbonyl (C=O) groups excluding carboxylic acids is 1. The Hall–Kier alpha value is -3.57. The fraction of sp³-hybridized carbons (Fsp3) is 0.464. The first-order valence-electron chi connectivity index (χ1n) is 12.6. The van der Waals surface area contributed by atoms with Crippen LogP contribution in [0.3, 0.4) is 0 Å². The molecular weight excluding hydrogens is 454 g/mol. The molecule has 2 aliphatic rings. The molecule has 0 aliphatic carbocycles. The summed E-state index contributed by atoms with van der Waals surface area (Å²) < 4.78 is 13.4. The molecule has 0 spiro atoms. The van der Waals surface area contributed by atoms with Crippen LogP contribution in [0, 0.1) is 17.2 Å². The number of likely N-dealkylation sites (tertiary alicyclic amines) is 1. The van der Waals surface area contributed by atoms with Gasteiger partial charge < -0.3 is 23.8 Å². The lowest BCUT2D eigenvalue weighted by Crippen LogP contribution is -2.37. The normalized spacial score (nSPS) is 18.4. The Labute approximate surface area is 212 Å². The van der Waals surface area contributed by atoms with Crippen LogP contribution in [0.4, 0.5) is 10.6 Å². The summed E-state index contributed by atoms with van der Waals surface area (Å²) in [5.41, 5.74) is 4.26. The van der Waals surface area contributed by atoms with Gasteiger partial charge in [-0.25, -0.2) is 9.78 Å². The van der Waals surface area contributed by atoms with Gasteiger partial charge in [-0.2, -0.15) is 5.26 Å². The van der Waals surface area contributed by atoms with E-state index in [0.29, 0.717) is 37.8 Å². The van der Waals surface area contributed by atoms with Crippen molar-refractivity contribution in [2.45, 2.75) is 39.3 Å². The number of ether oxygens (including phenoxy) is 2. The zero-order chi connectivity index (χ0) is 25.3. The summed E-state index contributed by atoms with van der Waals surface area (Å²) in [6.07, 6.45) is 2.81. The maximum atomic E-state index is 12.5. The average Bonchev–Trinajstić information content (AvgIpc) is 3.50. The molecule has 0 saturated carbocycles. The van der Waals surface area contributed by atoms with Crippen LogP contribution >= 0.6 is 0 Å². The quantitative estimate of drug-likeness (QED) is 0.532. The average molecular weight is 488 g/mol. The van der Waals surface area contributed by atoms with Crippen molar-refractivity contribution in [1.29, 1.82) is 5.26 Å². The predicted octanol–water partition coefficient (Wildman–Crippen LogP) is 4.67. The minimum atomic E-state index is -0.489. The van der Waals surface area contributed by atoms with Crippen LogP contribution in [-0.4, -0.2) is 65.5 Å². The molecule has 8 heteroatoms. The summed E-state index contributed by atoms with van der Waals surface area (Å²) in [7, 11) is 0. The highest BCUT2D eigenvalue weighted by Gasteiger charge is 2.30. The van der Waals surface area contributed by atoms with Crippen LogP contribution in [0.5, 0.6) is 0 Å². The van der Waals surface area contributed by atoms with Crippen molar-refractivity contribution in [3.05, 3.63) is 48.2 Å². The molecular formula is C28H33N5O3. The summed E-state index contributed by atoms with van der Waals surface area (Å²) in [6.45, 7) is 10.9. The molecule has 188 valence electrons. The summed E-state index contributed by atoms with van der Waals surface area (Å²) in [4.78, 5) is 21.7. The van der Waals surface area contributed by atoms with Gasteiger partial charge in [0.15, 0.2) is 0 Å². The van der Waals surface area contributed by atoms with Gasteiger partial charge in [-0.05, 0) is 62.9 Å². The van der Waals surface area contributed by atoms with E-state index in [2.05, 4.69) is 33.9 Å². The van der Waals surface area contributed by atoms with E-state index in [9.17, 15) is 10.1 Å². The molecule has 3 aromatic rings. The largest absolute Gasteiger partial charge is 0.444 e. The third-order valence-electron chi connectivity index (χ3n) is 6.76. The van der Waals surface area contributed by atoms with E-state index >= 15 is 0 Å². The fourth-order valence-corrected chi connectivity index (χ4v) is 4.96. The zero-order valence-electron chi connectivity index (χ0n) is 21.2. The number of nitriles is 1. The Morgan fingerprint density at radius 1 is 1.17 bits per heavy atom. The van der Waals surface area contributed by atoms with Crippen molar-refractivity contribution < 1.29 is 14.3 Å². The van der Waals surface area contributed by atoms with Crippen molar-refractivity contribution >= 4 is 22.9 Å². The maximum Gasteiger partial charge on any atom is 0.410 e. The smallest absolute Gasteiger partial charge is 0.410 e. The van der Waals surface area contributed by atoms with Crippen molar-refractivity contribution in [3.8, 4) is 17.2 Å². The Bertz CT molecular complexity index is 1280. The number of amides is 1. The molecule has 1 atom stereocenters. The molecule has 2 aromatic heterocycles. The first-order valence-corrected chi connectivity index (χ1v) is 12.6. The first kappa shape index (κ1) is 24.1. The zero-order valence-corrected chi connectivity index (χ0v) is 21.2. The van der Waals surface area contributed by atoms with Crippen LogP contribution in [0.15, 0.2) is 42.6 Å². The van der Waals surface area contributed by atoms with E-state index in [-0.39, 0.29) is 6.09 Å². The van der Waals surface area contributed by atoms with Crippen molar-refractivity contribution in [2.75, 3.05) is 44.3 Å². The number of pyridine rings is 1. The first-order chi connectivity index (χ1) is 17.3. The van der Waals surface area contributed by atoms with Gasteiger partial charge in [0.1, 0.15) is 11.4 Å². The molecule has 0 unspecified atom stereocenters. The molecule has 2 aliphatic heterocycles. The number of rotatable bonds is 4. The molecule has 1 aromatic carbocycles. The van der Waals surface area contributed by atoms with Crippen LogP contribution in [0.1, 0.15) is 32.8 Å². The van der Waals surface area contributed by atoms with Crippen LogP contribution in [0.25, 0.3) is 22.2 Å². The Balaban J connectivity index is 1.43. The third kappa shape index (κ3) is 5.17. The van der Waals surface area contributed by atoms with Crippen molar-refractivity contribution in [1.82, 2.24) is 14.5 Å². The summed E-state index contributed by atoms with van der Waals surface area (Å²) in [6, 6.07) is 14.2. The molecule has 5 rings (SSSR count). The monoisotopic (exact) mass is 487 g/mol. The number of hydrogen-bond acceptors (Lipinski definition) is 6. The highest BCUT2D eigenvalue weighted by Crippen LogP contribution is 2.34. The number of aromatic nitrogens is 2. The highest BCUT2D eigenvalue weighted by molar-refractivity contribution is 5.88. The summed E-state index contributed by atoms with van der Waals surface area (Å²) in [5.74, 6) is 1.30. The molecule has 0 N–H and O–H groups in total. The maximum absolute atomic E-state index is 12.5. The minimum Gasteiger partial charge on any atom is -0.444 e. The molecule has 4 heterocycles. The SMILES string of the molecule is CC(C)(C)OC(=O)N1CC[C@@H](Cn2ccc3nc(N4CCOCC4)c(-c4ccc(C#N)cc4)cc32)C1. The number of nitrogens with zero attached hydrogens (tertiary/aromatic N) is 5. The van der Waals surface area contributed by atoms with Crippen molar-refractivity contribution in [3.63, 3.8) is 0 Å². The topological polar surface area (TPSA) is 83.6 Å². The number of fused-ring (bicyclic) bond motifs is 1. The summed E-state index contributed by atoms with van der Waals surface area (Å²) >= 11 is 0. The lowest BCUT2D eigenvalue weighted by molar-refractivity contribution is 0.0287. The van der Waals surface area contributed by atoms with Gasteiger partial charge in [-0.3, -0.25) is 0 Å². The molecule has 2 fully saturated rings. The number of benzene rings is 1. The lowest BCUT2D eigenvalue weighted by atomic mass is 10.0. The third-order valence-corrected chi connectivity index (χ3v) is 6.76. The molecule has 8 nitrogen and oxygen atoms in total. The second kappa shape index (κ2) is 9.82. The standard InChI is InChI=1S/C28H33N5O3/c1-28(2,3)36-27(34)33-10-8-21(19-33)18-32-11-9-24-25(32)16-23(22-6-4-20(17-29)5-7-22)26(30-24)31-12-14-35-15-13-31/h4-7,9,11,16,21H,8,10,12-15,18-19H2,1-3H3/t21-/m0/s1. The van der Waals surface area contributed by atoms with Crippen LogP contribution in [0.2, 0.25) is 0 Å². The van der Waals surface area contributed by atoms with Crippen molar-refractivity contribution in [2.24, 2.45) is 5.92 Å². The van der Waals surface area contributed by atoms with E-state index in [4.69, 9.17) is 14.5 Å². The predicted molar refractivity (Wildman–Crippen MR) is 139 cm³/mol. The molecule has 1 amide bonds. The van der Waals surface area contributed by atoms with Gasteiger partial charge >= 0.3 is 6.09 Å². The van der Waals surface area contributed by atoms with Gasteiger partial charge in [-0.1, -0.05) is 12.1 Å². The Kier molecular flexibility index (Phi) is 6.59. The minimum absolute atomic E-state index is 0.234. The van der Waals surface area contributed by atoms with E-state index in [0.717, 1.165) is 54.0 Å². The van der Waals surface area contributed by atoms with Gasteiger partial charge in [-0.15, -0.1) is 0 Å². The van der Waals surface area contributed by atoms with Crippen LogP contribution in [-0.2, 0) is 16.0 Å². The Morgan fingerprint density at radius 3 is 2.61 bits per heavy atom. The van der Waals surface area contributed by atoms with E-state index in [1.165, 1.54) is 0 Å². The molecule has 0 bridgehead atoms. The molecule has 36 heavy (non-hydrogen) atoms. The number of carbonyl (C=O) groups is 1. The number of morpholine rings is 1. The second-order valence-electron chi connectivity index (χ2n) is 10.6. The van der Waals surface area contributed by atoms with Gasteiger partial charge in [0.25, 0.3) is 0 Å². The number of anilines is 1. The Morgan fingerprint density at radius 2 is 1.92 bits per heavy atom. The highest BCUT2D eigenvalue weighted by atomic mass is 16.6. The summed E-state index contributed by atoms with van der Waals surface area (Å²) in [5, 5.41) is 9.23. The molecule has 0 radical (unpaired) electrons. The van der Waals surface area contributed by atoms with Gasteiger partial charge in [0, 0.05) is 44.5 Å². The fourth-order valence-electron chi connectivity index (χ4n) is 4.96. The van der Waals surface area contributed by atoms with E-state index in [1.54, 1.807) is 0 Å². The number of hydrogen-bond donors (Lipinski definition) is 0. The second-order valence-corrected chi connectivity index (χ2v) is 10.6. The van der Waals surface area contributed by atoms with Gasteiger partial charge in [0.2, 0.25) is 0 Å². The molecule has 2 saturated heterocycles. The van der Waals surface area contributed by atoms with Crippen LogP contribution < -0.4 is 4.90 Å². The lowest BCUT2D eigenvalue weighted by Gasteiger charge is -2.29. The van der Waals surface area contributed by atoms with E-state index < -0.39 is 5.60 Å².